The Labute approximate surface area is 125 Å². The van der Waals surface area contributed by atoms with E-state index in [-0.39, 0.29) is 12.1 Å². The maximum absolute atomic E-state index is 11.0. The average molecular weight is 280 g/mol. The molecule has 116 valence electrons. The van der Waals surface area contributed by atoms with E-state index in [0.29, 0.717) is 0 Å². The molecular formula is C18H32O2. The fourth-order valence-corrected chi connectivity index (χ4v) is 2.01. The Hall–Kier alpha value is -1.05. The molecule has 0 heterocycles. The minimum Gasteiger partial charge on any atom is -0.462 e. The van der Waals surface area contributed by atoms with Crippen molar-refractivity contribution < 1.29 is 9.53 Å². The van der Waals surface area contributed by atoms with E-state index in [0.717, 1.165) is 38.5 Å². The van der Waals surface area contributed by atoms with E-state index in [1.54, 1.807) is 0 Å². The van der Waals surface area contributed by atoms with Gasteiger partial charge in [-0.15, -0.1) is 0 Å². The molecule has 0 rings (SSSR count). The number of ether oxygens (including phenoxy) is 1. The number of rotatable bonds is 12. The number of hydrogen-bond acceptors (Lipinski definition) is 2. The molecule has 0 N–H and O–H groups in total. The monoisotopic (exact) mass is 280 g/mol. The lowest BCUT2D eigenvalue weighted by Crippen LogP contribution is -2.15. The van der Waals surface area contributed by atoms with Gasteiger partial charge in [-0.1, -0.05) is 63.8 Å². The van der Waals surface area contributed by atoms with Crippen LogP contribution in [0.2, 0.25) is 0 Å². The van der Waals surface area contributed by atoms with Crippen molar-refractivity contribution in [2.45, 2.75) is 84.7 Å². The van der Waals surface area contributed by atoms with Crippen molar-refractivity contribution in [3.63, 3.8) is 0 Å². The molecule has 0 fully saturated rings. The third-order valence-corrected chi connectivity index (χ3v) is 3.17. The highest BCUT2D eigenvalue weighted by molar-refractivity contribution is 5.66. The summed E-state index contributed by atoms with van der Waals surface area (Å²) in [5.74, 6) is -0.168. The fourth-order valence-electron chi connectivity index (χ4n) is 2.01. The third kappa shape index (κ3) is 13.4. The van der Waals surface area contributed by atoms with Crippen LogP contribution in [0.15, 0.2) is 24.3 Å². The van der Waals surface area contributed by atoms with E-state index in [9.17, 15) is 4.79 Å². The molecule has 0 aliphatic rings. The highest BCUT2D eigenvalue weighted by Gasteiger charge is 2.08. The molecule has 1 atom stereocenters. The summed E-state index contributed by atoms with van der Waals surface area (Å²) in [5, 5.41) is 0. The number of carbonyl (C=O) groups excluding carboxylic acids is 1. The van der Waals surface area contributed by atoms with Crippen molar-refractivity contribution in [2.24, 2.45) is 0 Å². The topological polar surface area (TPSA) is 26.3 Å². The number of unbranched alkanes of at least 4 members (excludes halogenated alkanes) is 4. The maximum Gasteiger partial charge on any atom is 0.302 e. The molecule has 0 saturated carbocycles. The molecule has 0 aromatic heterocycles. The molecule has 0 spiro atoms. The molecule has 20 heavy (non-hydrogen) atoms. The van der Waals surface area contributed by atoms with Crippen LogP contribution in [0.25, 0.3) is 0 Å². The predicted molar refractivity (Wildman–Crippen MR) is 86.7 cm³/mol. The zero-order valence-corrected chi connectivity index (χ0v) is 13.6. The molecule has 2 heteroatoms. The number of carbonyl (C=O) groups is 1. The first-order valence-electron chi connectivity index (χ1n) is 8.17. The van der Waals surface area contributed by atoms with Gasteiger partial charge in [-0.3, -0.25) is 4.79 Å². The van der Waals surface area contributed by atoms with Crippen LogP contribution in [-0.4, -0.2) is 12.1 Å². The first-order valence-corrected chi connectivity index (χ1v) is 8.17. The number of allylic oxidation sites excluding steroid dienone is 3. The highest BCUT2D eigenvalue weighted by Crippen LogP contribution is 2.10. The van der Waals surface area contributed by atoms with Crippen LogP contribution in [0, 0.1) is 0 Å². The SMILES string of the molecule is CCCCC=CCC/C=C/CC(CCCC)OC(C)=O. The van der Waals surface area contributed by atoms with Gasteiger partial charge in [-0.25, -0.2) is 0 Å². The van der Waals surface area contributed by atoms with E-state index in [2.05, 4.69) is 38.2 Å². The number of esters is 1. The van der Waals surface area contributed by atoms with Crippen LogP contribution in [0.3, 0.4) is 0 Å². The highest BCUT2D eigenvalue weighted by atomic mass is 16.5. The van der Waals surface area contributed by atoms with Crippen molar-refractivity contribution in [1.82, 2.24) is 0 Å². The minimum atomic E-state index is -0.168. The molecule has 2 nitrogen and oxygen atoms in total. The lowest BCUT2D eigenvalue weighted by Gasteiger charge is -2.14. The van der Waals surface area contributed by atoms with Crippen molar-refractivity contribution in [1.29, 1.82) is 0 Å². The molecule has 0 aliphatic carbocycles. The summed E-state index contributed by atoms with van der Waals surface area (Å²) in [6, 6.07) is 0. The van der Waals surface area contributed by atoms with Crippen LogP contribution in [0.4, 0.5) is 0 Å². The zero-order valence-electron chi connectivity index (χ0n) is 13.6. The molecule has 1 unspecified atom stereocenters. The van der Waals surface area contributed by atoms with E-state index in [4.69, 9.17) is 4.74 Å². The predicted octanol–water partition coefficient (Wildman–Crippen LogP) is 5.58. The van der Waals surface area contributed by atoms with Crippen LogP contribution in [0.5, 0.6) is 0 Å². The Bertz CT molecular complexity index is 279. The number of hydrogen-bond donors (Lipinski definition) is 0. The molecule has 0 aromatic carbocycles. The van der Waals surface area contributed by atoms with Crippen LogP contribution in [-0.2, 0) is 9.53 Å². The maximum atomic E-state index is 11.0. The van der Waals surface area contributed by atoms with Gasteiger partial charge in [0.15, 0.2) is 0 Å². The summed E-state index contributed by atoms with van der Waals surface area (Å²) in [6.45, 7) is 5.87. The first-order chi connectivity index (χ1) is 9.70. The lowest BCUT2D eigenvalue weighted by molar-refractivity contribution is -0.146. The molecular weight excluding hydrogens is 248 g/mol. The molecule has 0 bridgehead atoms. The second kappa shape index (κ2) is 14.4. The normalized spacial score (nSPS) is 13.2. The van der Waals surface area contributed by atoms with Crippen molar-refractivity contribution >= 4 is 5.97 Å². The van der Waals surface area contributed by atoms with Gasteiger partial charge >= 0.3 is 5.97 Å². The second-order valence-electron chi connectivity index (χ2n) is 5.27. The van der Waals surface area contributed by atoms with Crippen LogP contribution < -0.4 is 0 Å². The van der Waals surface area contributed by atoms with Gasteiger partial charge in [0.1, 0.15) is 6.10 Å². The van der Waals surface area contributed by atoms with E-state index in [1.807, 2.05) is 0 Å². The Morgan fingerprint density at radius 3 is 2.15 bits per heavy atom. The largest absolute Gasteiger partial charge is 0.462 e. The average Bonchev–Trinajstić information content (AvgIpc) is 2.42. The van der Waals surface area contributed by atoms with Crippen LogP contribution in [0.1, 0.15) is 78.6 Å². The first kappa shape index (κ1) is 18.9. The van der Waals surface area contributed by atoms with Gasteiger partial charge < -0.3 is 4.74 Å². The van der Waals surface area contributed by atoms with Gasteiger partial charge in [0, 0.05) is 13.3 Å². The Morgan fingerprint density at radius 1 is 0.950 bits per heavy atom. The van der Waals surface area contributed by atoms with Gasteiger partial charge in [-0.05, 0) is 25.7 Å². The van der Waals surface area contributed by atoms with Crippen molar-refractivity contribution in [2.75, 3.05) is 0 Å². The standard InChI is InChI=1S/C18H32O2/c1-4-6-8-9-10-11-12-13-14-16-18(15-7-5-2)20-17(3)19/h9-10,13-14,18H,4-8,11-12,15-16H2,1-3H3/b10-9?,14-13+. The third-order valence-electron chi connectivity index (χ3n) is 3.17. The van der Waals surface area contributed by atoms with Crippen LogP contribution >= 0.6 is 0 Å². The minimum absolute atomic E-state index is 0.0591. The second-order valence-corrected chi connectivity index (χ2v) is 5.27. The Balaban J connectivity index is 3.75. The van der Waals surface area contributed by atoms with Gasteiger partial charge in [0.25, 0.3) is 0 Å². The van der Waals surface area contributed by atoms with E-state index < -0.39 is 0 Å². The summed E-state index contributed by atoms with van der Waals surface area (Å²) < 4.78 is 5.32. The smallest absolute Gasteiger partial charge is 0.302 e. The summed E-state index contributed by atoms with van der Waals surface area (Å²) in [7, 11) is 0. The fraction of sp³-hybridized carbons (Fsp3) is 0.722. The summed E-state index contributed by atoms with van der Waals surface area (Å²) in [6.07, 6.45) is 19.0. The Kier molecular flexibility index (Phi) is 13.6. The summed E-state index contributed by atoms with van der Waals surface area (Å²) in [4.78, 5) is 11.0. The van der Waals surface area contributed by atoms with E-state index >= 15 is 0 Å². The molecule has 0 aromatic rings. The Morgan fingerprint density at radius 2 is 1.55 bits per heavy atom. The molecule has 0 aliphatic heterocycles. The zero-order chi connectivity index (χ0) is 15.1. The van der Waals surface area contributed by atoms with E-state index in [1.165, 1.54) is 26.2 Å². The molecule has 0 saturated heterocycles. The van der Waals surface area contributed by atoms with Crippen molar-refractivity contribution in [3.8, 4) is 0 Å². The van der Waals surface area contributed by atoms with Gasteiger partial charge in [-0.2, -0.15) is 0 Å². The van der Waals surface area contributed by atoms with Gasteiger partial charge in [0.2, 0.25) is 0 Å². The summed E-state index contributed by atoms with van der Waals surface area (Å²) >= 11 is 0. The molecule has 0 amide bonds. The van der Waals surface area contributed by atoms with Crippen molar-refractivity contribution in [3.05, 3.63) is 24.3 Å². The molecule has 0 radical (unpaired) electrons. The summed E-state index contributed by atoms with van der Waals surface area (Å²) in [5.41, 5.74) is 0. The van der Waals surface area contributed by atoms with Gasteiger partial charge in [0.05, 0.1) is 0 Å². The lowest BCUT2D eigenvalue weighted by atomic mass is 10.1. The quantitative estimate of drug-likeness (QED) is 0.265.